The molecule has 0 fully saturated rings. The van der Waals surface area contributed by atoms with Crippen molar-refractivity contribution in [1.29, 1.82) is 0 Å². The molecule has 8 nitrogen and oxygen atoms in total. The predicted octanol–water partition coefficient (Wildman–Crippen LogP) is 8.72. The number of aryl methyl sites for hydroxylation is 3. The van der Waals surface area contributed by atoms with Gasteiger partial charge in [-0.2, -0.15) is 0 Å². The Hall–Kier alpha value is -4.66. The summed E-state index contributed by atoms with van der Waals surface area (Å²) in [5, 5.41) is 33.9. The van der Waals surface area contributed by atoms with Crippen molar-refractivity contribution in [1.82, 2.24) is 19.9 Å². The number of aliphatic hydroxyl groups excluding tert-OH is 2. The number of phenols is 1. The number of aliphatic hydroxyl groups is 2. The molecule has 0 saturated carbocycles. The molecule has 5 aromatic rings. The van der Waals surface area contributed by atoms with Crippen LogP contribution in [0.2, 0.25) is 0 Å². The third kappa shape index (κ3) is 4.95. The average molecular weight is 673 g/mol. The lowest BCUT2D eigenvalue weighted by Gasteiger charge is -2.28. The van der Waals surface area contributed by atoms with Crippen LogP contribution >= 0.6 is 0 Å². The largest absolute Gasteiger partial charge is 0.508 e. The normalized spacial score (nSPS) is 14.1. The van der Waals surface area contributed by atoms with Gasteiger partial charge in [-0.25, -0.2) is 4.98 Å². The predicted molar refractivity (Wildman–Crippen MR) is 204 cm³/mol. The summed E-state index contributed by atoms with van der Waals surface area (Å²) in [7, 11) is 1.65. The molecule has 0 saturated heterocycles. The van der Waals surface area contributed by atoms with E-state index < -0.39 is 0 Å². The fourth-order valence-corrected chi connectivity index (χ4v) is 8.73. The SMILES string of the molecule is CCc1c(CC)c2[nH]c1cc1nc(cc3[nH]c(cc4nc5c(cc6cc(O)cc(OC)c6c52)C4(CC)CC)c(C)c3CCO)C(CCO)=C1C. The molecule has 0 aliphatic carbocycles. The number of aromatic amines is 2. The monoisotopic (exact) mass is 672 g/mol. The van der Waals surface area contributed by atoms with Gasteiger partial charge in [0.25, 0.3) is 0 Å². The fraction of sp³-hybridized carbons (Fsp3) is 0.381. The molecule has 260 valence electrons. The molecule has 50 heavy (non-hydrogen) atoms. The Balaban J connectivity index is 1.82. The van der Waals surface area contributed by atoms with Crippen molar-refractivity contribution in [3.63, 3.8) is 0 Å². The highest BCUT2D eigenvalue weighted by Gasteiger charge is 2.39. The van der Waals surface area contributed by atoms with Gasteiger partial charge in [-0.05, 0) is 127 Å². The summed E-state index contributed by atoms with van der Waals surface area (Å²) in [5.41, 5.74) is 14.8. The number of allylic oxidation sites excluding steroid dienone is 1. The molecular weight excluding hydrogens is 624 g/mol. The van der Waals surface area contributed by atoms with Gasteiger partial charge in [0.1, 0.15) is 11.5 Å². The van der Waals surface area contributed by atoms with Crippen LogP contribution in [0.1, 0.15) is 98.8 Å². The summed E-state index contributed by atoms with van der Waals surface area (Å²) in [6.45, 7) is 13.1. The van der Waals surface area contributed by atoms with Crippen molar-refractivity contribution in [2.24, 2.45) is 0 Å². The fourth-order valence-electron chi connectivity index (χ4n) is 8.73. The number of benzene rings is 2. The summed E-state index contributed by atoms with van der Waals surface area (Å²) < 4.78 is 5.99. The number of fused-ring (bicyclic) bond motifs is 10. The number of aromatic nitrogens is 4. The quantitative estimate of drug-likeness (QED) is 0.107. The van der Waals surface area contributed by atoms with Crippen LogP contribution in [0.15, 0.2) is 36.4 Å². The maximum atomic E-state index is 10.9. The Kier molecular flexibility index (Phi) is 8.73. The average Bonchev–Trinajstić information content (AvgIpc) is 3.80. The van der Waals surface area contributed by atoms with Gasteiger partial charge in [0.05, 0.1) is 35.2 Å². The number of methoxy groups -OCH3 is 1. The highest BCUT2D eigenvalue weighted by Crippen LogP contribution is 2.50. The maximum Gasteiger partial charge on any atom is 0.131 e. The van der Waals surface area contributed by atoms with E-state index in [1.165, 1.54) is 11.1 Å². The zero-order valence-electron chi connectivity index (χ0n) is 30.3. The molecular formula is C42H48N4O4. The summed E-state index contributed by atoms with van der Waals surface area (Å²) in [6.07, 6.45) is 4.29. The van der Waals surface area contributed by atoms with Crippen LogP contribution in [0.4, 0.5) is 0 Å². The molecule has 5 N–H and O–H groups in total. The second kappa shape index (κ2) is 12.9. The zero-order chi connectivity index (χ0) is 35.5. The van der Waals surface area contributed by atoms with E-state index in [-0.39, 0.29) is 24.4 Å². The second-order valence-corrected chi connectivity index (χ2v) is 13.7. The lowest BCUT2D eigenvalue weighted by molar-refractivity contribution is 0.300. The molecule has 0 spiro atoms. The highest BCUT2D eigenvalue weighted by molar-refractivity contribution is 6.19. The highest BCUT2D eigenvalue weighted by atomic mass is 16.5. The van der Waals surface area contributed by atoms with E-state index >= 15 is 0 Å². The van der Waals surface area contributed by atoms with Crippen LogP contribution < -0.4 is 4.74 Å². The number of ether oxygens (including phenoxy) is 1. The minimum atomic E-state index is -0.377. The first-order valence-corrected chi connectivity index (χ1v) is 18.0. The third-order valence-corrected chi connectivity index (χ3v) is 11.4. The Bertz CT molecular complexity index is 2380. The van der Waals surface area contributed by atoms with Gasteiger partial charge in [-0.15, -0.1) is 0 Å². The first-order chi connectivity index (χ1) is 24.2. The van der Waals surface area contributed by atoms with E-state index in [4.69, 9.17) is 14.7 Å². The van der Waals surface area contributed by atoms with Crippen LogP contribution in [-0.4, -0.2) is 55.6 Å². The van der Waals surface area contributed by atoms with Gasteiger partial charge in [0.15, 0.2) is 0 Å². The van der Waals surface area contributed by atoms with Crippen LogP contribution in [-0.2, 0) is 24.7 Å². The smallest absolute Gasteiger partial charge is 0.131 e. The molecule has 0 atom stereocenters. The van der Waals surface area contributed by atoms with E-state index in [9.17, 15) is 15.3 Å². The first-order valence-electron chi connectivity index (χ1n) is 18.0. The van der Waals surface area contributed by atoms with Crippen molar-refractivity contribution in [3.05, 3.63) is 81.3 Å². The Labute approximate surface area is 292 Å². The minimum Gasteiger partial charge on any atom is -0.508 e. The molecule has 0 unspecified atom stereocenters. The summed E-state index contributed by atoms with van der Waals surface area (Å²) in [5.74, 6) is 0.752. The molecule has 3 aromatic heterocycles. The van der Waals surface area contributed by atoms with Gasteiger partial charge >= 0.3 is 0 Å². The number of aromatic hydroxyl groups is 1. The van der Waals surface area contributed by atoms with Gasteiger partial charge in [0.2, 0.25) is 0 Å². The summed E-state index contributed by atoms with van der Waals surface area (Å²) in [4.78, 5) is 18.3. The maximum absolute atomic E-state index is 10.9. The third-order valence-electron chi connectivity index (χ3n) is 11.4. The van der Waals surface area contributed by atoms with Gasteiger partial charge in [-0.1, -0.05) is 27.7 Å². The Morgan fingerprint density at radius 1 is 0.740 bits per heavy atom. The van der Waals surface area contributed by atoms with Gasteiger partial charge in [-0.3, -0.25) is 4.98 Å². The minimum absolute atomic E-state index is 0.0193. The van der Waals surface area contributed by atoms with Crippen molar-refractivity contribution in [2.75, 3.05) is 20.3 Å². The van der Waals surface area contributed by atoms with E-state index in [2.05, 4.69) is 75.8 Å². The summed E-state index contributed by atoms with van der Waals surface area (Å²) >= 11 is 0. The zero-order valence-corrected chi connectivity index (χ0v) is 30.3. The molecule has 2 aliphatic rings. The van der Waals surface area contributed by atoms with Crippen molar-refractivity contribution in [2.45, 2.75) is 85.5 Å². The number of hydrogen-bond donors (Lipinski definition) is 5. The number of H-pyrrole nitrogens is 2. The lowest BCUT2D eigenvalue weighted by atomic mass is 9.73. The molecule has 8 heteroatoms. The molecule has 0 radical (unpaired) electrons. The van der Waals surface area contributed by atoms with E-state index in [0.29, 0.717) is 18.6 Å². The van der Waals surface area contributed by atoms with E-state index in [1.54, 1.807) is 13.2 Å². The number of hydrogen-bond acceptors (Lipinski definition) is 6. The van der Waals surface area contributed by atoms with E-state index in [0.717, 1.165) is 114 Å². The lowest BCUT2D eigenvalue weighted by Crippen LogP contribution is -2.23. The van der Waals surface area contributed by atoms with Gasteiger partial charge < -0.3 is 30.0 Å². The molecule has 7 rings (SSSR count). The van der Waals surface area contributed by atoms with Crippen LogP contribution in [0.5, 0.6) is 11.5 Å². The van der Waals surface area contributed by atoms with Gasteiger partial charge in [0, 0.05) is 52.0 Å². The molecule has 8 bridgehead atoms. The van der Waals surface area contributed by atoms with Crippen LogP contribution in [0, 0.1) is 6.92 Å². The number of rotatable bonds is 9. The molecule has 5 heterocycles. The standard InChI is InChI=1S/C42H48N4O4/c1-8-26-27(9-2)40-39-38-24(16-25(49)18-36(38)50-7)17-30-41(39)46-37(42(30,10-3)11-4)21-32-23(6)29(13-15-48)35(44-32)20-34-28(12-14-47)22(5)31(43-34)19-33(26)45-40/h16-21,44-45,47-49H,8-15H2,1-7H3. The number of phenolic OH excluding ortho intramolecular Hbond substituents is 1. The van der Waals surface area contributed by atoms with Crippen LogP contribution in [0.3, 0.4) is 0 Å². The molecule has 0 amide bonds. The molecule has 2 aromatic carbocycles. The van der Waals surface area contributed by atoms with Crippen molar-refractivity contribution >= 4 is 54.9 Å². The number of nitrogens with one attached hydrogen (secondary N) is 2. The Morgan fingerprint density at radius 2 is 1.44 bits per heavy atom. The van der Waals surface area contributed by atoms with Crippen LogP contribution in [0.25, 0.3) is 54.9 Å². The number of nitrogens with zero attached hydrogens (tertiary/aromatic N) is 2. The topological polar surface area (TPSA) is 127 Å². The van der Waals surface area contributed by atoms with Crippen molar-refractivity contribution in [3.8, 4) is 11.5 Å². The first kappa shape index (κ1) is 33.8. The summed E-state index contributed by atoms with van der Waals surface area (Å²) in [6, 6.07) is 12.2. The molecule has 2 aliphatic heterocycles. The Morgan fingerprint density at radius 3 is 2.10 bits per heavy atom. The second-order valence-electron chi connectivity index (χ2n) is 13.7. The van der Waals surface area contributed by atoms with E-state index in [1.807, 2.05) is 6.07 Å². The van der Waals surface area contributed by atoms with Crippen molar-refractivity contribution < 1.29 is 20.1 Å².